The van der Waals surface area contributed by atoms with Gasteiger partial charge in [0.2, 0.25) is 5.90 Å². The highest BCUT2D eigenvalue weighted by atomic mass is 35.5. The summed E-state index contributed by atoms with van der Waals surface area (Å²) in [6, 6.07) is 5.20. The van der Waals surface area contributed by atoms with E-state index in [4.69, 9.17) is 32.7 Å². The van der Waals surface area contributed by atoms with E-state index in [9.17, 15) is 0 Å². The Labute approximate surface area is 111 Å². The van der Waals surface area contributed by atoms with Crippen molar-refractivity contribution < 1.29 is 9.47 Å². The lowest BCUT2D eigenvalue weighted by atomic mass is 10.1. The van der Waals surface area contributed by atoms with Crippen molar-refractivity contribution in [3.8, 4) is 0 Å². The van der Waals surface area contributed by atoms with Crippen molar-refractivity contribution in [2.45, 2.75) is 19.4 Å². The first-order valence-corrected chi connectivity index (χ1v) is 5.80. The number of hydrogen-bond acceptors (Lipinski definition) is 3. The lowest BCUT2D eigenvalue weighted by Crippen LogP contribution is -2.34. The minimum atomic E-state index is -0.642. The van der Waals surface area contributed by atoms with Gasteiger partial charge in [0.1, 0.15) is 11.3 Å². The molecule has 0 bridgehead atoms. The van der Waals surface area contributed by atoms with Crippen LogP contribution in [0.1, 0.15) is 13.8 Å². The van der Waals surface area contributed by atoms with Crippen LogP contribution in [0.2, 0.25) is 10.0 Å². The summed E-state index contributed by atoms with van der Waals surface area (Å²) in [5, 5.41) is 0.943. The average molecular weight is 276 g/mol. The van der Waals surface area contributed by atoms with E-state index in [0.29, 0.717) is 21.6 Å². The summed E-state index contributed by atoms with van der Waals surface area (Å²) in [6.07, 6.45) is 0. The zero-order valence-corrected chi connectivity index (χ0v) is 11.8. The SMILES string of the molecule is COC(=Nc1c(Cl)cccc1Cl)C(C)(C)OC. The van der Waals surface area contributed by atoms with E-state index in [0.717, 1.165) is 0 Å². The molecule has 0 aliphatic rings. The topological polar surface area (TPSA) is 30.8 Å². The van der Waals surface area contributed by atoms with Crippen molar-refractivity contribution in [2.75, 3.05) is 14.2 Å². The number of benzene rings is 1. The summed E-state index contributed by atoms with van der Waals surface area (Å²) in [4.78, 5) is 4.32. The first-order valence-electron chi connectivity index (χ1n) is 5.04. The van der Waals surface area contributed by atoms with Gasteiger partial charge in [-0.3, -0.25) is 0 Å². The molecule has 0 heterocycles. The summed E-state index contributed by atoms with van der Waals surface area (Å²) in [7, 11) is 3.12. The number of methoxy groups -OCH3 is 2. The smallest absolute Gasteiger partial charge is 0.220 e. The van der Waals surface area contributed by atoms with Crippen molar-refractivity contribution in [1.82, 2.24) is 0 Å². The number of aliphatic imine (C=N–C) groups is 1. The van der Waals surface area contributed by atoms with Crippen molar-refractivity contribution in [2.24, 2.45) is 4.99 Å². The zero-order valence-electron chi connectivity index (χ0n) is 10.3. The maximum absolute atomic E-state index is 6.04. The van der Waals surface area contributed by atoms with E-state index in [1.165, 1.54) is 7.11 Å². The summed E-state index contributed by atoms with van der Waals surface area (Å²) in [6.45, 7) is 3.69. The molecule has 1 aromatic carbocycles. The molecule has 0 aromatic heterocycles. The molecule has 0 unspecified atom stereocenters. The van der Waals surface area contributed by atoms with E-state index in [2.05, 4.69) is 4.99 Å². The van der Waals surface area contributed by atoms with Crippen LogP contribution in [0.4, 0.5) is 5.69 Å². The van der Waals surface area contributed by atoms with Gasteiger partial charge >= 0.3 is 0 Å². The summed E-state index contributed by atoms with van der Waals surface area (Å²) in [5.74, 6) is 0.412. The van der Waals surface area contributed by atoms with Gasteiger partial charge in [-0.15, -0.1) is 0 Å². The first kappa shape index (κ1) is 14.3. The second-order valence-corrected chi connectivity index (χ2v) is 4.72. The highest BCUT2D eigenvalue weighted by molar-refractivity contribution is 6.38. The summed E-state index contributed by atoms with van der Waals surface area (Å²) < 4.78 is 10.5. The molecule has 0 amide bonds. The van der Waals surface area contributed by atoms with Crippen LogP contribution in [0, 0.1) is 0 Å². The van der Waals surface area contributed by atoms with E-state index < -0.39 is 5.60 Å². The molecule has 0 saturated carbocycles. The predicted octanol–water partition coefficient (Wildman–Crippen LogP) is 4.09. The van der Waals surface area contributed by atoms with Gasteiger partial charge < -0.3 is 9.47 Å². The number of hydrogen-bond donors (Lipinski definition) is 0. The normalized spacial score (nSPS) is 12.7. The Balaban J connectivity index is 3.25. The van der Waals surface area contributed by atoms with Gasteiger partial charge in [-0.2, -0.15) is 0 Å². The fourth-order valence-electron chi connectivity index (χ4n) is 1.21. The Morgan fingerprint density at radius 3 is 2.12 bits per heavy atom. The third-order valence-corrected chi connectivity index (χ3v) is 2.98. The van der Waals surface area contributed by atoms with Gasteiger partial charge in [0.15, 0.2) is 0 Å². The molecule has 94 valence electrons. The molecule has 0 aliphatic carbocycles. The predicted molar refractivity (Wildman–Crippen MR) is 71.7 cm³/mol. The molecule has 1 rings (SSSR count). The highest BCUT2D eigenvalue weighted by Gasteiger charge is 2.26. The van der Waals surface area contributed by atoms with Gasteiger partial charge in [-0.1, -0.05) is 29.3 Å². The molecule has 3 nitrogen and oxygen atoms in total. The molecule has 0 atom stereocenters. The number of halogens is 2. The second kappa shape index (κ2) is 5.71. The van der Waals surface area contributed by atoms with Gasteiger partial charge in [0, 0.05) is 7.11 Å². The van der Waals surface area contributed by atoms with E-state index in [1.807, 2.05) is 13.8 Å². The lowest BCUT2D eigenvalue weighted by molar-refractivity contribution is 0.0626. The lowest BCUT2D eigenvalue weighted by Gasteiger charge is -2.23. The molecule has 5 heteroatoms. The summed E-state index contributed by atoms with van der Waals surface area (Å²) in [5.41, 5.74) is -0.158. The monoisotopic (exact) mass is 275 g/mol. The van der Waals surface area contributed by atoms with Crippen molar-refractivity contribution >= 4 is 34.8 Å². The van der Waals surface area contributed by atoms with Crippen LogP contribution in [0.5, 0.6) is 0 Å². The van der Waals surface area contributed by atoms with Crippen molar-refractivity contribution in [3.63, 3.8) is 0 Å². The third-order valence-electron chi connectivity index (χ3n) is 2.37. The van der Waals surface area contributed by atoms with Crippen LogP contribution in [0.25, 0.3) is 0 Å². The molecule has 0 spiro atoms. The molecule has 17 heavy (non-hydrogen) atoms. The standard InChI is InChI=1S/C12H15Cl2NO2/c1-12(2,17-4)11(16-3)15-10-8(13)6-5-7-9(10)14/h5-7H,1-4H3. The van der Waals surface area contributed by atoms with Gasteiger partial charge in [0.05, 0.1) is 17.2 Å². The maximum Gasteiger partial charge on any atom is 0.220 e. The molecule has 0 saturated heterocycles. The quantitative estimate of drug-likeness (QED) is 0.614. The van der Waals surface area contributed by atoms with Crippen LogP contribution in [0.15, 0.2) is 23.2 Å². The fraction of sp³-hybridized carbons (Fsp3) is 0.417. The van der Waals surface area contributed by atoms with Crippen LogP contribution in [-0.4, -0.2) is 25.7 Å². The van der Waals surface area contributed by atoms with Gasteiger partial charge in [-0.05, 0) is 26.0 Å². The van der Waals surface area contributed by atoms with E-state index >= 15 is 0 Å². The Hall–Kier alpha value is -0.770. The summed E-state index contributed by atoms with van der Waals surface area (Å²) >= 11 is 12.1. The Bertz CT molecular complexity index is 410. The molecule has 0 N–H and O–H groups in total. The Kier molecular flexibility index (Phi) is 4.80. The van der Waals surface area contributed by atoms with Crippen LogP contribution >= 0.6 is 23.2 Å². The van der Waals surface area contributed by atoms with E-state index in [-0.39, 0.29) is 0 Å². The molecule has 0 aliphatic heterocycles. The molecule has 0 fully saturated rings. The number of nitrogens with zero attached hydrogens (tertiary/aromatic N) is 1. The van der Waals surface area contributed by atoms with Gasteiger partial charge in [-0.25, -0.2) is 4.99 Å². The molecular formula is C12H15Cl2NO2. The molecule has 1 aromatic rings. The first-order chi connectivity index (χ1) is 7.92. The third kappa shape index (κ3) is 3.35. The van der Waals surface area contributed by atoms with Crippen LogP contribution < -0.4 is 0 Å². The van der Waals surface area contributed by atoms with Crippen molar-refractivity contribution in [3.05, 3.63) is 28.2 Å². The number of para-hydroxylation sites is 1. The van der Waals surface area contributed by atoms with Crippen molar-refractivity contribution in [1.29, 1.82) is 0 Å². The average Bonchev–Trinajstić information content (AvgIpc) is 2.28. The largest absolute Gasteiger partial charge is 0.482 e. The zero-order chi connectivity index (χ0) is 13.1. The number of ether oxygens (including phenoxy) is 2. The molecule has 0 radical (unpaired) electrons. The Morgan fingerprint density at radius 2 is 1.71 bits per heavy atom. The second-order valence-electron chi connectivity index (χ2n) is 3.91. The molecular weight excluding hydrogens is 261 g/mol. The van der Waals surface area contributed by atoms with Crippen LogP contribution in [-0.2, 0) is 9.47 Å². The number of rotatable bonds is 3. The maximum atomic E-state index is 6.04. The van der Waals surface area contributed by atoms with E-state index in [1.54, 1.807) is 25.3 Å². The minimum absolute atomic E-state index is 0.412. The minimum Gasteiger partial charge on any atom is -0.482 e. The highest BCUT2D eigenvalue weighted by Crippen LogP contribution is 2.33. The van der Waals surface area contributed by atoms with Gasteiger partial charge in [0.25, 0.3) is 0 Å². The Morgan fingerprint density at radius 1 is 1.18 bits per heavy atom. The fourth-order valence-corrected chi connectivity index (χ4v) is 1.69. The van der Waals surface area contributed by atoms with Crippen LogP contribution in [0.3, 0.4) is 0 Å².